The van der Waals surface area contributed by atoms with Crippen molar-refractivity contribution in [3.8, 4) is 5.88 Å². The van der Waals surface area contributed by atoms with Gasteiger partial charge in [-0.3, -0.25) is 4.98 Å². The highest BCUT2D eigenvalue weighted by Crippen LogP contribution is 2.23. The van der Waals surface area contributed by atoms with Crippen molar-refractivity contribution < 1.29 is 4.74 Å². The molecular weight excluding hydrogens is 286 g/mol. The van der Waals surface area contributed by atoms with Gasteiger partial charge in [0, 0.05) is 11.1 Å². The van der Waals surface area contributed by atoms with E-state index >= 15 is 0 Å². The largest absolute Gasteiger partial charge is 0.479 e. The molecule has 0 aromatic carbocycles. The number of hydrogen-bond acceptors (Lipinski definition) is 6. The van der Waals surface area contributed by atoms with Crippen LogP contribution in [0.2, 0.25) is 0 Å². The van der Waals surface area contributed by atoms with Crippen LogP contribution in [-0.4, -0.2) is 31.6 Å². The van der Waals surface area contributed by atoms with Crippen molar-refractivity contribution in [3.63, 3.8) is 0 Å². The van der Waals surface area contributed by atoms with Gasteiger partial charge in [0.2, 0.25) is 5.88 Å². The van der Waals surface area contributed by atoms with Crippen molar-refractivity contribution in [2.45, 2.75) is 12.4 Å². The summed E-state index contributed by atoms with van der Waals surface area (Å²) in [4.78, 5) is 18.0. The number of aromatic nitrogens is 5. The highest BCUT2D eigenvalue weighted by molar-refractivity contribution is 7.09. The maximum atomic E-state index is 5.95. The van der Waals surface area contributed by atoms with Gasteiger partial charge in [0.05, 0.1) is 25.0 Å². The molecular formula is C11H10ClN5OS. The normalized spacial score (nSPS) is 11.1. The third-order valence-electron chi connectivity index (χ3n) is 2.69. The van der Waals surface area contributed by atoms with Crippen molar-refractivity contribution in [1.82, 2.24) is 24.5 Å². The third kappa shape index (κ3) is 2.15. The molecule has 8 heteroatoms. The zero-order valence-electron chi connectivity index (χ0n) is 10.1. The third-order valence-corrected chi connectivity index (χ3v) is 3.69. The van der Waals surface area contributed by atoms with Crippen LogP contribution in [0.3, 0.4) is 0 Å². The van der Waals surface area contributed by atoms with Crippen molar-refractivity contribution in [1.29, 1.82) is 0 Å². The van der Waals surface area contributed by atoms with E-state index in [2.05, 4.69) is 19.9 Å². The SMILES string of the molecule is COc1ncnc2c1nc(CCl)n2Cc1cncs1. The van der Waals surface area contributed by atoms with E-state index in [1.807, 2.05) is 10.8 Å². The van der Waals surface area contributed by atoms with Crippen LogP contribution in [0.25, 0.3) is 11.2 Å². The molecule has 3 heterocycles. The van der Waals surface area contributed by atoms with E-state index in [4.69, 9.17) is 16.3 Å². The van der Waals surface area contributed by atoms with Gasteiger partial charge in [0.25, 0.3) is 0 Å². The Labute approximate surface area is 118 Å². The number of imidazole rings is 1. The van der Waals surface area contributed by atoms with Crippen LogP contribution >= 0.6 is 22.9 Å². The quantitative estimate of drug-likeness (QED) is 0.690. The summed E-state index contributed by atoms with van der Waals surface area (Å²) in [5.74, 6) is 1.50. The van der Waals surface area contributed by atoms with Gasteiger partial charge in [-0.15, -0.1) is 22.9 Å². The number of thiazole rings is 1. The fraction of sp³-hybridized carbons (Fsp3) is 0.273. The molecule has 0 amide bonds. The molecule has 3 aromatic rings. The van der Waals surface area contributed by atoms with Gasteiger partial charge in [0.15, 0.2) is 11.2 Å². The number of ether oxygens (including phenoxy) is 1. The van der Waals surface area contributed by atoms with Crippen LogP contribution < -0.4 is 4.74 Å². The predicted octanol–water partition coefficient (Wildman–Crippen LogP) is 2.08. The van der Waals surface area contributed by atoms with Gasteiger partial charge in [-0.25, -0.2) is 9.97 Å². The van der Waals surface area contributed by atoms with E-state index in [1.165, 1.54) is 6.33 Å². The second kappa shape index (κ2) is 5.10. The Bertz CT molecular complexity index is 696. The summed E-state index contributed by atoms with van der Waals surface area (Å²) < 4.78 is 7.15. The number of hydrogen-bond donors (Lipinski definition) is 0. The molecule has 0 unspecified atom stereocenters. The van der Waals surface area contributed by atoms with E-state index in [-0.39, 0.29) is 0 Å². The van der Waals surface area contributed by atoms with Gasteiger partial charge in [0.1, 0.15) is 12.2 Å². The van der Waals surface area contributed by atoms with Crippen molar-refractivity contribution in [2.24, 2.45) is 0 Å². The molecule has 0 atom stereocenters. The zero-order valence-corrected chi connectivity index (χ0v) is 11.6. The second-order valence-corrected chi connectivity index (χ2v) is 5.01. The molecule has 0 aliphatic heterocycles. The minimum atomic E-state index is 0.304. The summed E-state index contributed by atoms with van der Waals surface area (Å²) in [5, 5.41) is 0. The second-order valence-electron chi connectivity index (χ2n) is 3.77. The van der Waals surface area contributed by atoms with Crippen LogP contribution in [-0.2, 0) is 12.4 Å². The smallest absolute Gasteiger partial charge is 0.245 e. The average Bonchev–Trinajstić information content (AvgIpc) is 3.07. The molecule has 98 valence electrons. The minimum Gasteiger partial charge on any atom is -0.479 e. The van der Waals surface area contributed by atoms with Gasteiger partial charge in [-0.1, -0.05) is 0 Å². The van der Waals surface area contributed by atoms with Gasteiger partial charge < -0.3 is 9.30 Å². The van der Waals surface area contributed by atoms with E-state index in [9.17, 15) is 0 Å². The molecule has 0 bridgehead atoms. The van der Waals surface area contributed by atoms with Crippen molar-refractivity contribution in [3.05, 3.63) is 28.7 Å². The number of rotatable bonds is 4. The first kappa shape index (κ1) is 12.3. The Balaban J connectivity index is 2.16. The lowest BCUT2D eigenvalue weighted by Crippen LogP contribution is -2.03. The lowest BCUT2D eigenvalue weighted by atomic mass is 10.5. The first-order valence-corrected chi connectivity index (χ1v) is 6.92. The van der Waals surface area contributed by atoms with Gasteiger partial charge in [-0.2, -0.15) is 4.98 Å². The van der Waals surface area contributed by atoms with Crippen LogP contribution in [0.1, 0.15) is 10.7 Å². The van der Waals surface area contributed by atoms with Gasteiger partial charge >= 0.3 is 0 Å². The van der Waals surface area contributed by atoms with Crippen molar-refractivity contribution in [2.75, 3.05) is 7.11 Å². The Kier molecular flexibility index (Phi) is 3.31. The minimum absolute atomic E-state index is 0.304. The summed E-state index contributed by atoms with van der Waals surface area (Å²) in [7, 11) is 1.56. The fourth-order valence-corrected chi connectivity index (χ4v) is 2.64. The number of alkyl halides is 1. The Morgan fingerprint density at radius 1 is 1.42 bits per heavy atom. The summed E-state index contributed by atoms with van der Waals surface area (Å²) in [6.07, 6.45) is 3.29. The number of fused-ring (bicyclic) bond motifs is 1. The highest BCUT2D eigenvalue weighted by atomic mass is 35.5. The fourth-order valence-electron chi connectivity index (χ4n) is 1.85. The van der Waals surface area contributed by atoms with E-state index in [0.717, 1.165) is 16.3 Å². The van der Waals surface area contributed by atoms with Crippen LogP contribution in [0.4, 0.5) is 0 Å². The standard InChI is InChI=1S/C11H10ClN5OS/c1-18-11-9-10(14-5-15-11)17(8(2-12)16-9)4-7-3-13-6-19-7/h3,5-6H,2,4H2,1H3. The molecule has 0 aliphatic carbocycles. The van der Waals surface area contributed by atoms with E-state index in [0.29, 0.717) is 23.8 Å². The molecule has 0 saturated heterocycles. The first-order valence-electron chi connectivity index (χ1n) is 5.51. The molecule has 0 aliphatic rings. The Hall–Kier alpha value is -1.73. The van der Waals surface area contributed by atoms with Gasteiger partial charge in [-0.05, 0) is 0 Å². The monoisotopic (exact) mass is 295 g/mol. The number of halogens is 1. The molecule has 6 nitrogen and oxygen atoms in total. The number of nitrogens with zero attached hydrogens (tertiary/aromatic N) is 5. The maximum absolute atomic E-state index is 5.95. The van der Waals surface area contributed by atoms with Crippen LogP contribution in [0.15, 0.2) is 18.0 Å². The summed E-state index contributed by atoms with van der Waals surface area (Å²) >= 11 is 7.54. The van der Waals surface area contributed by atoms with E-state index in [1.54, 1.807) is 24.0 Å². The molecule has 19 heavy (non-hydrogen) atoms. The molecule has 3 rings (SSSR count). The molecule has 0 N–H and O–H groups in total. The summed E-state index contributed by atoms with van der Waals surface area (Å²) in [5.41, 5.74) is 3.14. The topological polar surface area (TPSA) is 65.7 Å². The molecule has 0 fully saturated rings. The predicted molar refractivity (Wildman–Crippen MR) is 72.6 cm³/mol. The molecule has 3 aromatic heterocycles. The molecule has 0 radical (unpaired) electrons. The maximum Gasteiger partial charge on any atom is 0.245 e. The Morgan fingerprint density at radius 2 is 2.32 bits per heavy atom. The number of methoxy groups -OCH3 is 1. The highest BCUT2D eigenvalue weighted by Gasteiger charge is 2.16. The van der Waals surface area contributed by atoms with Crippen LogP contribution in [0.5, 0.6) is 5.88 Å². The Morgan fingerprint density at radius 3 is 3.00 bits per heavy atom. The van der Waals surface area contributed by atoms with Crippen LogP contribution in [0, 0.1) is 0 Å². The lowest BCUT2D eigenvalue weighted by Gasteiger charge is -2.04. The zero-order chi connectivity index (χ0) is 13.2. The van der Waals surface area contributed by atoms with E-state index < -0.39 is 0 Å². The molecule has 0 spiro atoms. The first-order chi connectivity index (χ1) is 9.33. The lowest BCUT2D eigenvalue weighted by molar-refractivity contribution is 0.401. The molecule has 0 saturated carbocycles. The van der Waals surface area contributed by atoms with Crippen molar-refractivity contribution >= 4 is 34.1 Å². The average molecular weight is 296 g/mol. The summed E-state index contributed by atoms with van der Waals surface area (Å²) in [6.45, 7) is 0.642. The summed E-state index contributed by atoms with van der Waals surface area (Å²) in [6, 6.07) is 0.